The minimum absolute atomic E-state index is 0. The predicted octanol–water partition coefficient (Wildman–Crippen LogP) is 2.82. The van der Waals surface area contributed by atoms with Crippen molar-refractivity contribution in [1.29, 1.82) is 0 Å². The normalized spacial score (nSPS) is 11.5. The number of aryl methyl sites for hydroxylation is 2. The summed E-state index contributed by atoms with van der Waals surface area (Å²) in [5.74, 6) is 0.869. The fourth-order valence-corrected chi connectivity index (χ4v) is 2.99. The van der Waals surface area contributed by atoms with Crippen LogP contribution >= 0.6 is 35.3 Å². The van der Waals surface area contributed by atoms with Crippen LogP contribution in [0.15, 0.2) is 4.99 Å². The van der Waals surface area contributed by atoms with Crippen molar-refractivity contribution < 1.29 is 0 Å². The zero-order valence-electron chi connectivity index (χ0n) is 15.1. The van der Waals surface area contributed by atoms with Crippen LogP contribution in [0.3, 0.4) is 0 Å². The van der Waals surface area contributed by atoms with Crippen LogP contribution in [0.2, 0.25) is 0 Å². The molecule has 1 heterocycles. The maximum Gasteiger partial charge on any atom is 0.191 e. The first kappa shape index (κ1) is 22.6. The van der Waals surface area contributed by atoms with E-state index in [1.807, 2.05) is 7.05 Å². The molecule has 1 rings (SSSR count). The molecular weight excluding hydrogens is 421 g/mol. The van der Waals surface area contributed by atoms with Crippen LogP contribution in [-0.4, -0.2) is 56.1 Å². The molecule has 0 aliphatic heterocycles. The van der Waals surface area contributed by atoms with E-state index >= 15 is 0 Å². The van der Waals surface area contributed by atoms with E-state index in [0.717, 1.165) is 44.3 Å². The third-order valence-electron chi connectivity index (χ3n) is 3.61. The van der Waals surface area contributed by atoms with Crippen molar-refractivity contribution in [2.45, 2.75) is 40.0 Å². The van der Waals surface area contributed by atoms with Crippen molar-refractivity contribution in [3.63, 3.8) is 0 Å². The summed E-state index contributed by atoms with van der Waals surface area (Å²) >= 11 is 1.78. The smallest absolute Gasteiger partial charge is 0.191 e. The minimum Gasteiger partial charge on any atom is -0.356 e. The summed E-state index contributed by atoms with van der Waals surface area (Å²) in [4.78, 5) is 12.5. The average Bonchev–Trinajstić information content (AvgIpc) is 2.82. The molecule has 0 aromatic carbocycles. The summed E-state index contributed by atoms with van der Waals surface area (Å²) in [5, 5.41) is 7.90. The first-order chi connectivity index (χ1) is 10.6. The van der Waals surface area contributed by atoms with Gasteiger partial charge in [-0.1, -0.05) is 13.3 Å². The van der Waals surface area contributed by atoms with Gasteiger partial charge in [-0.3, -0.25) is 4.99 Å². The zero-order chi connectivity index (χ0) is 16.4. The lowest BCUT2D eigenvalue weighted by atomic mass is 10.3. The van der Waals surface area contributed by atoms with Crippen molar-refractivity contribution in [1.82, 2.24) is 20.5 Å². The molecule has 0 fully saturated rings. The Morgan fingerprint density at radius 2 is 1.91 bits per heavy atom. The van der Waals surface area contributed by atoms with Crippen molar-refractivity contribution in [3.8, 4) is 0 Å². The molecule has 1 aromatic heterocycles. The van der Waals surface area contributed by atoms with Crippen molar-refractivity contribution in [2.75, 3.05) is 40.3 Å². The molecule has 0 saturated carbocycles. The number of guanidine groups is 1. The molecule has 0 atom stereocenters. The van der Waals surface area contributed by atoms with Crippen LogP contribution in [0.4, 0.5) is 0 Å². The second kappa shape index (κ2) is 12.9. The number of nitrogens with zero attached hydrogens (tertiary/aromatic N) is 3. The predicted molar refractivity (Wildman–Crippen MR) is 112 cm³/mol. The molecule has 0 unspecified atom stereocenters. The molecule has 1 aromatic rings. The molecule has 0 saturated heterocycles. The Morgan fingerprint density at radius 3 is 2.48 bits per heavy atom. The van der Waals surface area contributed by atoms with Gasteiger partial charge in [0.25, 0.3) is 0 Å². The van der Waals surface area contributed by atoms with Gasteiger partial charge in [-0.2, -0.15) is 0 Å². The molecule has 5 nitrogen and oxygen atoms in total. The molecule has 0 aliphatic rings. The second-order valence-electron chi connectivity index (χ2n) is 5.58. The second-order valence-corrected chi connectivity index (χ2v) is 6.87. The van der Waals surface area contributed by atoms with Crippen LogP contribution in [0.5, 0.6) is 0 Å². The maximum absolute atomic E-state index is 4.56. The highest BCUT2D eigenvalue weighted by Crippen LogP contribution is 2.16. The fourth-order valence-electron chi connectivity index (χ4n) is 2.06. The van der Waals surface area contributed by atoms with E-state index in [1.54, 1.807) is 11.3 Å². The van der Waals surface area contributed by atoms with Gasteiger partial charge in [0, 0.05) is 38.0 Å². The number of hydrogen-bond acceptors (Lipinski definition) is 4. The first-order valence-corrected chi connectivity index (χ1v) is 8.94. The van der Waals surface area contributed by atoms with Crippen LogP contribution in [0.25, 0.3) is 0 Å². The lowest BCUT2D eigenvalue weighted by Gasteiger charge is -2.17. The Labute approximate surface area is 162 Å². The molecule has 0 bridgehead atoms. The highest BCUT2D eigenvalue weighted by atomic mass is 127. The maximum atomic E-state index is 4.56. The van der Waals surface area contributed by atoms with E-state index in [4.69, 9.17) is 0 Å². The summed E-state index contributed by atoms with van der Waals surface area (Å²) in [6, 6.07) is 0. The lowest BCUT2D eigenvalue weighted by Crippen LogP contribution is -2.41. The van der Waals surface area contributed by atoms with Gasteiger partial charge in [-0.15, -0.1) is 35.3 Å². The summed E-state index contributed by atoms with van der Waals surface area (Å²) < 4.78 is 0. The fraction of sp³-hybridized carbons (Fsp3) is 0.750. The third kappa shape index (κ3) is 9.46. The van der Waals surface area contributed by atoms with Crippen molar-refractivity contribution in [3.05, 3.63) is 15.6 Å². The van der Waals surface area contributed by atoms with Gasteiger partial charge >= 0.3 is 0 Å². The number of likely N-dealkylation sites (N-methyl/N-ethyl adjacent to an activating group) is 1. The third-order valence-corrected chi connectivity index (χ3v) is 4.74. The van der Waals surface area contributed by atoms with Gasteiger partial charge in [-0.05, 0) is 33.9 Å². The van der Waals surface area contributed by atoms with Gasteiger partial charge < -0.3 is 15.5 Å². The molecule has 0 amide bonds. The van der Waals surface area contributed by atoms with Crippen molar-refractivity contribution >= 4 is 41.3 Å². The van der Waals surface area contributed by atoms with Crippen LogP contribution in [-0.2, 0) is 6.42 Å². The molecule has 0 spiro atoms. The summed E-state index contributed by atoms with van der Waals surface area (Å²) in [5.41, 5.74) is 1.15. The Kier molecular flexibility index (Phi) is 12.7. The number of unbranched alkanes of at least 4 members (excludes halogenated alkanes) is 1. The van der Waals surface area contributed by atoms with Gasteiger partial charge in [-0.25, -0.2) is 4.98 Å². The number of rotatable bonds is 9. The van der Waals surface area contributed by atoms with Crippen LogP contribution in [0.1, 0.15) is 35.3 Å². The van der Waals surface area contributed by atoms with E-state index in [-0.39, 0.29) is 24.0 Å². The Bertz CT molecular complexity index is 442. The minimum atomic E-state index is 0. The highest BCUT2D eigenvalue weighted by Gasteiger charge is 2.04. The SMILES string of the molecule is CCCCN(C)CCNC(=NC)NCCc1nc(C)c(C)s1.I. The van der Waals surface area contributed by atoms with Gasteiger partial charge in [0.05, 0.1) is 10.7 Å². The van der Waals surface area contributed by atoms with E-state index in [2.05, 4.69) is 53.3 Å². The number of thiazole rings is 1. The van der Waals surface area contributed by atoms with E-state index in [1.165, 1.54) is 22.7 Å². The number of hydrogen-bond donors (Lipinski definition) is 2. The van der Waals surface area contributed by atoms with E-state index in [0.29, 0.717) is 0 Å². The zero-order valence-corrected chi connectivity index (χ0v) is 18.3. The van der Waals surface area contributed by atoms with E-state index in [9.17, 15) is 0 Å². The van der Waals surface area contributed by atoms with Gasteiger partial charge in [0.2, 0.25) is 0 Å². The summed E-state index contributed by atoms with van der Waals surface area (Å²) in [6.45, 7) is 10.4. The number of halogens is 1. The Balaban J connectivity index is 0.00000484. The largest absolute Gasteiger partial charge is 0.356 e. The number of aliphatic imine (C=N–C) groups is 1. The monoisotopic (exact) mass is 453 g/mol. The first-order valence-electron chi connectivity index (χ1n) is 8.12. The average molecular weight is 453 g/mol. The summed E-state index contributed by atoms with van der Waals surface area (Å²) in [6.07, 6.45) is 3.45. The Morgan fingerprint density at radius 1 is 1.22 bits per heavy atom. The molecule has 2 N–H and O–H groups in total. The van der Waals surface area contributed by atoms with Crippen LogP contribution < -0.4 is 10.6 Å². The highest BCUT2D eigenvalue weighted by molar-refractivity contribution is 14.0. The molecular formula is C16H32IN5S. The summed E-state index contributed by atoms with van der Waals surface area (Å²) in [7, 11) is 3.98. The molecule has 134 valence electrons. The van der Waals surface area contributed by atoms with Crippen LogP contribution in [0, 0.1) is 13.8 Å². The molecule has 0 aliphatic carbocycles. The molecule has 7 heteroatoms. The Hall–Kier alpha value is -0.410. The van der Waals surface area contributed by atoms with Crippen molar-refractivity contribution in [2.24, 2.45) is 4.99 Å². The number of aromatic nitrogens is 1. The van der Waals surface area contributed by atoms with E-state index < -0.39 is 0 Å². The number of nitrogens with one attached hydrogen (secondary N) is 2. The quantitative estimate of drug-likeness (QED) is 0.343. The van der Waals surface area contributed by atoms with Gasteiger partial charge in [0.15, 0.2) is 5.96 Å². The molecule has 0 radical (unpaired) electrons. The molecule has 23 heavy (non-hydrogen) atoms. The topological polar surface area (TPSA) is 52.5 Å². The van der Waals surface area contributed by atoms with Gasteiger partial charge in [0.1, 0.15) is 0 Å². The lowest BCUT2D eigenvalue weighted by molar-refractivity contribution is 0.332. The standard InChI is InChI=1S/C16H31N5S.HI/c1-6-7-11-21(5)12-10-19-16(17-4)18-9-8-15-20-13(2)14(3)22-15;/h6-12H2,1-5H3,(H2,17,18,19);1H.